The number of halogens is 1. The topological polar surface area (TPSA) is 0 Å². The van der Waals surface area contributed by atoms with Crippen LogP contribution >= 0.6 is 22.6 Å². The first-order valence-corrected chi connectivity index (χ1v) is 11.4. The van der Waals surface area contributed by atoms with Crippen molar-refractivity contribution in [3.8, 4) is 0 Å². The Labute approximate surface area is 152 Å². The summed E-state index contributed by atoms with van der Waals surface area (Å²) in [7, 11) is 0. The molecule has 4 atom stereocenters. The molecule has 0 aromatic rings. The summed E-state index contributed by atoms with van der Waals surface area (Å²) >= 11 is 2.71. The minimum absolute atomic E-state index is 0.935. The molecule has 0 bridgehead atoms. The zero-order valence-corrected chi connectivity index (χ0v) is 17.2. The number of rotatable bonds is 2. The minimum Gasteiger partial charge on any atom is -0.0823 e. The molecule has 0 nitrogen and oxygen atoms in total. The molecular weight excluding hydrogens is 379 g/mol. The molecule has 0 saturated heterocycles. The summed E-state index contributed by atoms with van der Waals surface area (Å²) in [5, 5.41) is 0. The molecule has 3 saturated carbocycles. The molecule has 0 heterocycles. The molecule has 1 heteroatoms. The highest BCUT2D eigenvalue weighted by Gasteiger charge is 2.39. The molecule has 128 valence electrons. The third-order valence-corrected chi connectivity index (χ3v) is 9.76. The lowest BCUT2D eigenvalue weighted by atomic mass is 9.62. The van der Waals surface area contributed by atoms with Gasteiger partial charge in [0.1, 0.15) is 0 Å². The van der Waals surface area contributed by atoms with Gasteiger partial charge in [0.2, 0.25) is 0 Å². The molecule has 0 N–H and O–H groups in total. The summed E-state index contributed by atoms with van der Waals surface area (Å²) < 4.78 is 0.935. The summed E-state index contributed by atoms with van der Waals surface area (Å²) in [6.45, 7) is 7.54. The van der Waals surface area contributed by atoms with E-state index in [-0.39, 0.29) is 0 Å². The van der Waals surface area contributed by atoms with Gasteiger partial charge >= 0.3 is 0 Å². The van der Waals surface area contributed by atoms with Crippen LogP contribution in [0.15, 0.2) is 0 Å². The van der Waals surface area contributed by atoms with Gasteiger partial charge in [0.05, 0.1) is 0 Å². The van der Waals surface area contributed by atoms with E-state index in [1.165, 1.54) is 25.7 Å². The number of alkyl halides is 1. The van der Waals surface area contributed by atoms with Crippen molar-refractivity contribution in [2.75, 3.05) is 0 Å². The van der Waals surface area contributed by atoms with Crippen LogP contribution in [0, 0.1) is 41.4 Å². The second-order valence-corrected chi connectivity index (χ2v) is 10.8. The van der Waals surface area contributed by atoms with Crippen LogP contribution in [-0.4, -0.2) is 3.92 Å². The van der Waals surface area contributed by atoms with Crippen molar-refractivity contribution < 1.29 is 0 Å². The lowest BCUT2D eigenvalue weighted by Gasteiger charge is -2.45. The van der Waals surface area contributed by atoms with Gasteiger partial charge in [0, 0.05) is 3.92 Å². The predicted molar refractivity (Wildman–Crippen MR) is 105 cm³/mol. The van der Waals surface area contributed by atoms with Crippen LogP contribution in [0.1, 0.15) is 85.0 Å². The van der Waals surface area contributed by atoms with Gasteiger partial charge < -0.3 is 0 Å². The van der Waals surface area contributed by atoms with Crippen molar-refractivity contribution in [1.29, 1.82) is 0 Å². The van der Waals surface area contributed by atoms with Gasteiger partial charge in [-0.1, -0.05) is 56.2 Å². The molecule has 22 heavy (non-hydrogen) atoms. The normalized spacial score (nSPS) is 50.7. The first-order chi connectivity index (χ1) is 10.6. The van der Waals surface area contributed by atoms with Crippen LogP contribution in [-0.2, 0) is 0 Å². The SMILES string of the molecule is CC1CCC(C2CCC(C3CCC(I)C(C)C3C)CC2)CC1. The quantitative estimate of drug-likeness (QED) is 0.333. The van der Waals surface area contributed by atoms with Crippen LogP contribution in [0.25, 0.3) is 0 Å². The van der Waals surface area contributed by atoms with Crippen LogP contribution in [0.4, 0.5) is 0 Å². The molecule has 3 aliphatic rings. The lowest BCUT2D eigenvalue weighted by molar-refractivity contribution is 0.0737. The van der Waals surface area contributed by atoms with Crippen LogP contribution < -0.4 is 0 Å². The van der Waals surface area contributed by atoms with Gasteiger partial charge in [0.25, 0.3) is 0 Å². The Bertz CT molecular complexity index is 336. The van der Waals surface area contributed by atoms with E-state index >= 15 is 0 Å². The molecule has 0 spiro atoms. The third-order valence-electron chi connectivity index (χ3n) is 8.00. The van der Waals surface area contributed by atoms with Gasteiger partial charge in [-0.2, -0.15) is 0 Å². The largest absolute Gasteiger partial charge is 0.0823 e. The molecule has 0 aromatic carbocycles. The molecule has 3 aliphatic carbocycles. The maximum atomic E-state index is 2.71. The van der Waals surface area contributed by atoms with Crippen molar-refractivity contribution in [3.05, 3.63) is 0 Å². The highest BCUT2D eigenvalue weighted by atomic mass is 127. The zero-order chi connectivity index (χ0) is 15.7. The molecule has 3 fully saturated rings. The van der Waals surface area contributed by atoms with E-state index in [9.17, 15) is 0 Å². The molecule has 0 amide bonds. The second-order valence-electron chi connectivity index (χ2n) is 9.17. The Morgan fingerprint density at radius 3 is 1.64 bits per heavy atom. The first-order valence-electron chi connectivity index (χ1n) is 10.2. The average Bonchev–Trinajstić information content (AvgIpc) is 2.54. The van der Waals surface area contributed by atoms with Crippen molar-refractivity contribution >= 4 is 22.6 Å². The Balaban J connectivity index is 1.49. The fraction of sp³-hybridized carbons (Fsp3) is 1.00. The highest BCUT2D eigenvalue weighted by Crippen LogP contribution is 2.48. The lowest BCUT2D eigenvalue weighted by Crippen LogP contribution is -2.37. The van der Waals surface area contributed by atoms with Gasteiger partial charge in [-0.3, -0.25) is 0 Å². The standard InChI is InChI=1S/C21H37I/c1-14-4-6-17(7-5-14)18-8-10-19(11-9-18)20-12-13-21(22)16(3)15(20)2/h14-21H,4-13H2,1-3H3. The van der Waals surface area contributed by atoms with Crippen molar-refractivity contribution in [2.45, 2.75) is 88.9 Å². The fourth-order valence-corrected chi connectivity index (χ4v) is 7.08. The predicted octanol–water partition coefficient (Wildman–Crippen LogP) is 7.10. The van der Waals surface area contributed by atoms with E-state index in [0.717, 1.165) is 45.3 Å². The zero-order valence-electron chi connectivity index (χ0n) is 15.1. The van der Waals surface area contributed by atoms with Crippen molar-refractivity contribution in [2.24, 2.45) is 41.4 Å². The summed E-state index contributed by atoms with van der Waals surface area (Å²) in [4.78, 5) is 0. The molecule has 0 radical (unpaired) electrons. The Morgan fingerprint density at radius 2 is 1.05 bits per heavy atom. The summed E-state index contributed by atoms with van der Waals surface area (Å²) in [6.07, 6.45) is 15.4. The summed E-state index contributed by atoms with van der Waals surface area (Å²) in [6, 6.07) is 0. The minimum atomic E-state index is 0.935. The van der Waals surface area contributed by atoms with Crippen LogP contribution in [0.3, 0.4) is 0 Å². The van der Waals surface area contributed by atoms with Crippen molar-refractivity contribution in [3.63, 3.8) is 0 Å². The molecule has 0 aromatic heterocycles. The monoisotopic (exact) mass is 416 g/mol. The van der Waals surface area contributed by atoms with E-state index in [4.69, 9.17) is 0 Å². The summed E-state index contributed by atoms with van der Waals surface area (Å²) in [5.74, 6) is 7.23. The molecular formula is C21H37I. The molecule has 3 rings (SSSR count). The first kappa shape index (κ1) is 17.5. The maximum absolute atomic E-state index is 2.71. The van der Waals surface area contributed by atoms with Gasteiger partial charge in [-0.05, 0) is 92.8 Å². The second kappa shape index (κ2) is 7.74. The summed E-state index contributed by atoms with van der Waals surface area (Å²) in [5.41, 5.74) is 0. The van der Waals surface area contributed by atoms with Crippen molar-refractivity contribution in [1.82, 2.24) is 0 Å². The van der Waals surface area contributed by atoms with E-state index in [0.29, 0.717) is 0 Å². The smallest absolute Gasteiger partial charge is 0.0138 e. The van der Waals surface area contributed by atoms with E-state index < -0.39 is 0 Å². The molecule has 0 aliphatic heterocycles. The average molecular weight is 416 g/mol. The molecule has 4 unspecified atom stereocenters. The number of hydrogen-bond donors (Lipinski definition) is 0. The van der Waals surface area contributed by atoms with Gasteiger partial charge in [-0.25, -0.2) is 0 Å². The number of hydrogen-bond acceptors (Lipinski definition) is 0. The van der Waals surface area contributed by atoms with E-state index in [1.807, 2.05) is 0 Å². The van der Waals surface area contributed by atoms with E-state index in [2.05, 4.69) is 43.4 Å². The Morgan fingerprint density at radius 1 is 0.545 bits per heavy atom. The third kappa shape index (κ3) is 3.86. The van der Waals surface area contributed by atoms with E-state index in [1.54, 1.807) is 38.5 Å². The Hall–Kier alpha value is 0.730. The van der Waals surface area contributed by atoms with Gasteiger partial charge in [0.15, 0.2) is 0 Å². The Kier molecular flexibility index (Phi) is 6.18. The van der Waals surface area contributed by atoms with Crippen LogP contribution in [0.2, 0.25) is 0 Å². The van der Waals surface area contributed by atoms with Crippen LogP contribution in [0.5, 0.6) is 0 Å². The maximum Gasteiger partial charge on any atom is 0.0138 e. The highest BCUT2D eigenvalue weighted by molar-refractivity contribution is 14.1. The van der Waals surface area contributed by atoms with Gasteiger partial charge in [-0.15, -0.1) is 0 Å². The fourth-order valence-electron chi connectivity index (χ4n) is 6.06.